The third-order valence-electron chi connectivity index (χ3n) is 3.50. The first-order valence-electron chi connectivity index (χ1n) is 6.39. The Bertz CT molecular complexity index is 352. The summed E-state index contributed by atoms with van der Waals surface area (Å²) in [5, 5.41) is 0. The molecule has 1 saturated carbocycles. The molecule has 2 heteroatoms. The van der Waals surface area contributed by atoms with E-state index in [2.05, 4.69) is 11.5 Å². The third kappa shape index (κ3) is 3.40. The van der Waals surface area contributed by atoms with Gasteiger partial charge in [0.2, 0.25) is 0 Å². The molecule has 0 unspecified atom stereocenters. The van der Waals surface area contributed by atoms with Crippen molar-refractivity contribution in [2.24, 2.45) is 0 Å². The lowest BCUT2D eigenvalue weighted by molar-refractivity contribution is 0.211. The maximum absolute atomic E-state index is 12.8. The lowest BCUT2D eigenvalue weighted by atomic mass is 10.1. The van der Waals surface area contributed by atoms with Gasteiger partial charge in [-0.2, -0.15) is 0 Å². The van der Waals surface area contributed by atoms with Crippen LogP contribution in [0.15, 0.2) is 36.9 Å². The van der Waals surface area contributed by atoms with Gasteiger partial charge >= 0.3 is 0 Å². The van der Waals surface area contributed by atoms with Crippen molar-refractivity contribution in [3.05, 3.63) is 48.3 Å². The SMILES string of the molecule is C=CCN(Cc1ccc(F)cc1)C1CCCC1. The molecule has 2 rings (SSSR count). The van der Waals surface area contributed by atoms with Crippen LogP contribution in [0.3, 0.4) is 0 Å². The first-order valence-corrected chi connectivity index (χ1v) is 6.39. The molecule has 1 aromatic carbocycles. The molecule has 0 spiro atoms. The number of benzene rings is 1. The van der Waals surface area contributed by atoms with Crippen LogP contribution in [0.5, 0.6) is 0 Å². The fourth-order valence-electron chi connectivity index (χ4n) is 2.60. The van der Waals surface area contributed by atoms with Crippen molar-refractivity contribution < 1.29 is 4.39 Å². The van der Waals surface area contributed by atoms with Crippen molar-refractivity contribution >= 4 is 0 Å². The van der Waals surface area contributed by atoms with E-state index in [0.29, 0.717) is 6.04 Å². The standard InChI is InChI=1S/C15H20FN/c1-2-11-17(15-5-3-4-6-15)12-13-7-9-14(16)10-8-13/h2,7-10,15H,1,3-6,11-12H2. The molecule has 1 fully saturated rings. The van der Waals surface area contributed by atoms with Crippen LogP contribution in [0.1, 0.15) is 31.2 Å². The Labute approximate surface area is 103 Å². The zero-order valence-electron chi connectivity index (χ0n) is 10.2. The second-order valence-electron chi connectivity index (χ2n) is 4.78. The fraction of sp³-hybridized carbons (Fsp3) is 0.467. The van der Waals surface area contributed by atoms with Gasteiger partial charge in [-0.3, -0.25) is 4.90 Å². The molecule has 0 atom stereocenters. The summed E-state index contributed by atoms with van der Waals surface area (Å²) in [5.74, 6) is -0.162. The summed E-state index contributed by atoms with van der Waals surface area (Å²) >= 11 is 0. The highest BCUT2D eigenvalue weighted by atomic mass is 19.1. The van der Waals surface area contributed by atoms with Crippen molar-refractivity contribution in [3.8, 4) is 0 Å². The summed E-state index contributed by atoms with van der Waals surface area (Å²) in [5.41, 5.74) is 1.18. The van der Waals surface area contributed by atoms with E-state index in [1.165, 1.54) is 43.4 Å². The highest BCUT2D eigenvalue weighted by Gasteiger charge is 2.21. The van der Waals surface area contributed by atoms with E-state index in [1.807, 2.05) is 18.2 Å². The summed E-state index contributed by atoms with van der Waals surface area (Å²) in [6, 6.07) is 7.51. The average molecular weight is 233 g/mol. The normalized spacial score (nSPS) is 16.6. The number of hydrogen-bond donors (Lipinski definition) is 0. The van der Waals surface area contributed by atoms with E-state index in [0.717, 1.165) is 13.1 Å². The molecule has 0 amide bonds. The maximum atomic E-state index is 12.8. The Morgan fingerprint density at radius 3 is 2.47 bits per heavy atom. The van der Waals surface area contributed by atoms with Crippen LogP contribution in [-0.2, 0) is 6.54 Å². The zero-order valence-corrected chi connectivity index (χ0v) is 10.2. The molecule has 0 heterocycles. The van der Waals surface area contributed by atoms with E-state index in [-0.39, 0.29) is 5.82 Å². The van der Waals surface area contributed by atoms with Crippen LogP contribution < -0.4 is 0 Å². The number of hydrogen-bond acceptors (Lipinski definition) is 1. The topological polar surface area (TPSA) is 3.24 Å². The number of rotatable bonds is 5. The third-order valence-corrected chi connectivity index (χ3v) is 3.50. The van der Waals surface area contributed by atoms with Gasteiger partial charge in [-0.1, -0.05) is 31.1 Å². The molecular formula is C15H20FN. The maximum Gasteiger partial charge on any atom is 0.123 e. The molecule has 1 aliphatic rings. The minimum Gasteiger partial charge on any atom is -0.292 e. The molecule has 1 nitrogen and oxygen atoms in total. The highest BCUT2D eigenvalue weighted by Crippen LogP contribution is 2.24. The number of halogens is 1. The minimum atomic E-state index is -0.162. The van der Waals surface area contributed by atoms with Crippen LogP contribution in [0.2, 0.25) is 0 Å². The summed E-state index contributed by atoms with van der Waals surface area (Å²) < 4.78 is 12.8. The molecule has 0 saturated heterocycles. The van der Waals surface area contributed by atoms with Gasteiger partial charge in [0.25, 0.3) is 0 Å². The fourth-order valence-corrected chi connectivity index (χ4v) is 2.60. The Hall–Kier alpha value is -1.15. The van der Waals surface area contributed by atoms with Gasteiger partial charge in [0.05, 0.1) is 0 Å². The summed E-state index contributed by atoms with van der Waals surface area (Å²) in [6.07, 6.45) is 7.20. The quantitative estimate of drug-likeness (QED) is 0.700. The minimum absolute atomic E-state index is 0.162. The summed E-state index contributed by atoms with van der Waals surface area (Å²) in [6.45, 7) is 5.64. The van der Waals surface area contributed by atoms with Gasteiger partial charge in [0.1, 0.15) is 5.82 Å². The molecule has 0 radical (unpaired) electrons. The lowest BCUT2D eigenvalue weighted by Gasteiger charge is -2.27. The van der Waals surface area contributed by atoms with Crippen LogP contribution in [0, 0.1) is 5.82 Å². The second kappa shape index (κ2) is 5.97. The van der Waals surface area contributed by atoms with Crippen molar-refractivity contribution in [2.45, 2.75) is 38.3 Å². The second-order valence-corrected chi connectivity index (χ2v) is 4.78. The van der Waals surface area contributed by atoms with E-state index in [1.54, 1.807) is 0 Å². The predicted octanol–water partition coefficient (Wildman–Crippen LogP) is 3.76. The van der Waals surface area contributed by atoms with Crippen LogP contribution in [-0.4, -0.2) is 17.5 Å². The van der Waals surface area contributed by atoms with E-state index in [4.69, 9.17) is 0 Å². The Morgan fingerprint density at radius 2 is 1.88 bits per heavy atom. The van der Waals surface area contributed by atoms with E-state index >= 15 is 0 Å². The van der Waals surface area contributed by atoms with Gasteiger partial charge in [0.15, 0.2) is 0 Å². The van der Waals surface area contributed by atoms with Gasteiger partial charge in [-0.25, -0.2) is 4.39 Å². The predicted molar refractivity (Wildman–Crippen MR) is 69.3 cm³/mol. The van der Waals surface area contributed by atoms with Gasteiger partial charge < -0.3 is 0 Å². The lowest BCUT2D eigenvalue weighted by Crippen LogP contribution is -2.32. The van der Waals surface area contributed by atoms with Crippen LogP contribution in [0.4, 0.5) is 4.39 Å². The first kappa shape index (κ1) is 12.3. The smallest absolute Gasteiger partial charge is 0.123 e. The Balaban J connectivity index is 2.01. The van der Waals surface area contributed by atoms with Gasteiger partial charge in [-0.15, -0.1) is 6.58 Å². The largest absolute Gasteiger partial charge is 0.292 e. The molecular weight excluding hydrogens is 213 g/mol. The zero-order chi connectivity index (χ0) is 12.1. The summed E-state index contributed by atoms with van der Waals surface area (Å²) in [4.78, 5) is 2.45. The molecule has 92 valence electrons. The molecule has 0 aromatic heterocycles. The van der Waals surface area contributed by atoms with E-state index in [9.17, 15) is 4.39 Å². The van der Waals surface area contributed by atoms with E-state index < -0.39 is 0 Å². The Morgan fingerprint density at radius 1 is 1.24 bits per heavy atom. The monoisotopic (exact) mass is 233 g/mol. The molecule has 17 heavy (non-hydrogen) atoms. The molecule has 1 aliphatic carbocycles. The molecule has 0 N–H and O–H groups in total. The van der Waals surface area contributed by atoms with Crippen molar-refractivity contribution in [3.63, 3.8) is 0 Å². The van der Waals surface area contributed by atoms with Gasteiger partial charge in [0, 0.05) is 19.1 Å². The number of nitrogens with zero attached hydrogens (tertiary/aromatic N) is 1. The van der Waals surface area contributed by atoms with Crippen molar-refractivity contribution in [1.82, 2.24) is 4.90 Å². The first-order chi connectivity index (χ1) is 8.29. The van der Waals surface area contributed by atoms with Gasteiger partial charge in [-0.05, 0) is 30.5 Å². The highest BCUT2D eigenvalue weighted by molar-refractivity contribution is 5.16. The van der Waals surface area contributed by atoms with Crippen LogP contribution in [0.25, 0.3) is 0 Å². The van der Waals surface area contributed by atoms with Crippen molar-refractivity contribution in [1.29, 1.82) is 0 Å². The average Bonchev–Trinajstić information content (AvgIpc) is 2.85. The molecule has 0 aliphatic heterocycles. The Kier molecular flexibility index (Phi) is 4.32. The summed E-state index contributed by atoms with van der Waals surface area (Å²) in [7, 11) is 0. The van der Waals surface area contributed by atoms with Crippen LogP contribution >= 0.6 is 0 Å². The van der Waals surface area contributed by atoms with Crippen molar-refractivity contribution in [2.75, 3.05) is 6.54 Å². The molecule has 1 aromatic rings. The molecule has 0 bridgehead atoms.